The molecule has 1 heterocycles. The van der Waals surface area contributed by atoms with E-state index in [4.69, 9.17) is 4.74 Å². The minimum atomic E-state index is 0.0869. The van der Waals surface area contributed by atoms with Crippen LogP contribution >= 0.6 is 0 Å². The summed E-state index contributed by atoms with van der Waals surface area (Å²) in [5.74, 6) is 1.36. The van der Waals surface area contributed by atoms with Crippen LogP contribution < -0.4 is 15.4 Å². The smallest absolute Gasteiger partial charge is 0.224 e. The van der Waals surface area contributed by atoms with E-state index in [1.54, 1.807) is 7.11 Å². The number of carbonyl (C=O) groups is 1. The highest BCUT2D eigenvalue weighted by Crippen LogP contribution is 2.17. The lowest BCUT2D eigenvalue weighted by Crippen LogP contribution is -2.18. The van der Waals surface area contributed by atoms with Crippen LogP contribution in [0.5, 0.6) is 5.75 Å². The molecule has 2 N–H and O–H groups in total. The van der Waals surface area contributed by atoms with E-state index in [1.807, 2.05) is 24.3 Å². The zero-order valence-electron chi connectivity index (χ0n) is 10.0. The van der Waals surface area contributed by atoms with Gasteiger partial charge in [0, 0.05) is 12.1 Å². The van der Waals surface area contributed by atoms with Crippen molar-refractivity contribution in [1.29, 1.82) is 0 Å². The van der Waals surface area contributed by atoms with E-state index in [0.29, 0.717) is 12.3 Å². The van der Waals surface area contributed by atoms with Crippen molar-refractivity contribution in [3.63, 3.8) is 0 Å². The Balaban J connectivity index is 1.84. The number of hydrogen-bond donors (Lipinski definition) is 2. The summed E-state index contributed by atoms with van der Waals surface area (Å²) in [5, 5.41) is 6.16. The first-order valence-electron chi connectivity index (χ1n) is 5.92. The summed E-state index contributed by atoms with van der Waals surface area (Å²) in [7, 11) is 1.63. The molecule has 1 saturated heterocycles. The van der Waals surface area contributed by atoms with E-state index in [2.05, 4.69) is 10.6 Å². The van der Waals surface area contributed by atoms with Crippen molar-refractivity contribution in [2.75, 3.05) is 25.5 Å². The van der Waals surface area contributed by atoms with E-state index in [9.17, 15) is 4.79 Å². The molecule has 0 bridgehead atoms. The Morgan fingerprint density at radius 1 is 1.47 bits per heavy atom. The molecule has 1 fully saturated rings. The molecular formula is C13H18N2O2. The molecule has 92 valence electrons. The molecule has 2 rings (SSSR count). The number of nitrogens with one attached hydrogen (secondary N) is 2. The van der Waals surface area contributed by atoms with E-state index in [0.717, 1.165) is 30.9 Å². The lowest BCUT2D eigenvalue weighted by atomic mass is 10.0. The van der Waals surface area contributed by atoms with Gasteiger partial charge in [0.05, 0.1) is 7.11 Å². The Hall–Kier alpha value is -1.55. The average molecular weight is 234 g/mol. The number of methoxy groups -OCH3 is 1. The van der Waals surface area contributed by atoms with Gasteiger partial charge in [-0.1, -0.05) is 0 Å². The molecule has 4 nitrogen and oxygen atoms in total. The molecule has 0 radical (unpaired) electrons. The second-order valence-electron chi connectivity index (χ2n) is 4.34. The van der Waals surface area contributed by atoms with E-state index in [1.165, 1.54) is 0 Å². The monoisotopic (exact) mass is 234 g/mol. The number of hydrogen-bond acceptors (Lipinski definition) is 3. The third kappa shape index (κ3) is 3.46. The quantitative estimate of drug-likeness (QED) is 0.832. The van der Waals surface area contributed by atoms with Crippen molar-refractivity contribution in [3.8, 4) is 5.75 Å². The van der Waals surface area contributed by atoms with Gasteiger partial charge in [-0.05, 0) is 49.7 Å². The van der Waals surface area contributed by atoms with Gasteiger partial charge in [0.15, 0.2) is 0 Å². The molecule has 0 aromatic heterocycles. The summed E-state index contributed by atoms with van der Waals surface area (Å²) in [6.45, 7) is 1.98. The van der Waals surface area contributed by atoms with Gasteiger partial charge in [0.1, 0.15) is 5.75 Å². The molecule has 1 aromatic rings. The maximum atomic E-state index is 11.8. The standard InChI is InChI=1S/C13H18N2O2/c1-17-12-4-2-11(3-5-12)15-13(16)8-10-6-7-14-9-10/h2-5,10,14H,6-9H2,1H3,(H,15,16). The highest BCUT2D eigenvalue weighted by atomic mass is 16.5. The largest absolute Gasteiger partial charge is 0.497 e. The minimum Gasteiger partial charge on any atom is -0.497 e. The van der Waals surface area contributed by atoms with Crippen LogP contribution in [0.4, 0.5) is 5.69 Å². The lowest BCUT2D eigenvalue weighted by molar-refractivity contribution is -0.116. The third-order valence-electron chi connectivity index (χ3n) is 3.01. The fourth-order valence-electron chi connectivity index (χ4n) is 2.04. The fourth-order valence-corrected chi connectivity index (χ4v) is 2.04. The zero-order chi connectivity index (χ0) is 12.1. The first-order chi connectivity index (χ1) is 8.28. The van der Waals surface area contributed by atoms with Crippen molar-refractivity contribution in [2.45, 2.75) is 12.8 Å². The Kier molecular flexibility index (Phi) is 3.98. The third-order valence-corrected chi connectivity index (χ3v) is 3.01. The first kappa shape index (κ1) is 11.9. The molecule has 1 amide bonds. The van der Waals surface area contributed by atoms with Gasteiger partial charge in [-0.25, -0.2) is 0 Å². The highest BCUT2D eigenvalue weighted by Gasteiger charge is 2.17. The normalized spacial score (nSPS) is 19.0. The molecule has 0 saturated carbocycles. The van der Waals surface area contributed by atoms with E-state index < -0.39 is 0 Å². The van der Waals surface area contributed by atoms with Crippen molar-refractivity contribution in [2.24, 2.45) is 5.92 Å². The second-order valence-corrected chi connectivity index (χ2v) is 4.34. The predicted octanol–water partition coefficient (Wildman–Crippen LogP) is 1.63. The topological polar surface area (TPSA) is 50.4 Å². The Morgan fingerprint density at radius 2 is 2.24 bits per heavy atom. The SMILES string of the molecule is COc1ccc(NC(=O)CC2CCNC2)cc1. The van der Waals surface area contributed by atoms with Crippen LogP contribution in [0, 0.1) is 5.92 Å². The van der Waals surface area contributed by atoms with Crippen LogP contribution in [0.1, 0.15) is 12.8 Å². The number of rotatable bonds is 4. The van der Waals surface area contributed by atoms with Gasteiger partial charge in [0.25, 0.3) is 0 Å². The number of anilines is 1. The summed E-state index contributed by atoms with van der Waals surface area (Å²) < 4.78 is 5.06. The molecule has 1 aliphatic rings. The molecular weight excluding hydrogens is 216 g/mol. The molecule has 1 unspecified atom stereocenters. The molecule has 1 aromatic carbocycles. The molecule has 4 heteroatoms. The van der Waals surface area contributed by atoms with Crippen LogP contribution in [0.3, 0.4) is 0 Å². The first-order valence-corrected chi connectivity index (χ1v) is 5.92. The molecule has 17 heavy (non-hydrogen) atoms. The van der Waals surface area contributed by atoms with Crippen LogP contribution in [-0.4, -0.2) is 26.1 Å². The summed E-state index contributed by atoms with van der Waals surface area (Å²) in [6, 6.07) is 7.38. The van der Waals surface area contributed by atoms with Crippen molar-refractivity contribution >= 4 is 11.6 Å². The van der Waals surface area contributed by atoms with Crippen LogP contribution in [0.2, 0.25) is 0 Å². The maximum Gasteiger partial charge on any atom is 0.224 e. The minimum absolute atomic E-state index is 0.0869. The van der Waals surface area contributed by atoms with E-state index in [-0.39, 0.29) is 5.91 Å². The number of carbonyl (C=O) groups excluding carboxylic acids is 1. The maximum absolute atomic E-state index is 11.8. The van der Waals surface area contributed by atoms with Crippen molar-refractivity contribution in [1.82, 2.24) is 5.32 Å². The van der Waals surface area contributed by atoms with Crippen LogP contribution in [0.15, 0.2) is 24.3 Å². The van der Waals surface area contributed by atoms with Crippen LogP contribution in [-0.2, 0) is 4.79 Å². The molecule has 0 spiro atoms. The van der Waals surface area contributed by atoms with Gasteiger partial charge in [0.2, 0.25) is 5.91 Å². The van der Waals surface area contributed by atoms with Crippen LogP contribution in [0.25, 0.3) is 0 Å². The van der Waals surface area contributed by atoms with Gasteiger partial charge < -0.3 is 15.4 Å². The fraction of sp³-hybridized carbons (Fsp3) is 0.462. The number of ether oxygens (including phenoxy) is 1. The lowest BCUT2D eigenvalue weighted by Gasteiger charge is -2.09. The Bertz CT molecular complexity index is 370. The molecule has 1 atom stereocenters. The van der Waals surface area contributed by atoms with E-state index >= 15 is 0 Å². The summed E-state index contributed by atoms with van der Waals surface area (Å²) in [5.41, 5.74) is 0.821. The average Bonchev–Trinajstić information content (AvgIpc) is 2.82. The Labute approximate surface area is 101 Å². The van der Waals surface area contributed by atoms with Gasteiger partial charge >= 0.3 is 0 Å². The van der Waals surface area contributed by atoms with Crippen molar-refractivity contribution < 1.29 is 9.53 Å². The van der Waals surface area contributed by atoms with Crippen molar-refractivity contribution in [3.05, 3.63) is 24.3 Å². The second kappa shape index (κ2) is 5.68. The summed E-state index contributed by atoms with van der Waals surface area (Å²) in [6.07, 6.45) is 1.69. The summed E-state index contributed by atoms with van der Waals surface area (Å²) >= 11 is 0. The van der Waals surface area contributed by atoms with Gasteiger partial charge in [-0.15, -0.1) is 0 Å². The highest BCUT2D eigenvalue weighted by molar-refractivity contribution is 5.90. The zero-order valence-corrected chi connectivity index (χ0v) is 10.0. The molecule has 0 aliphatic carbocycles. The Morgan fingerprint density at radius 3 is 2.82 bits per heavy atom. The number of benzene rings is 1. The van der Waals surface area contributed by atoms with Gasteiger partial charge in [-0.3, -0.25) is 4.79 Å². The summed E-state index contributed by atoms with van der Waals surface area (Å²) in [4.78, 5) is 11.8. The van der Waals surface area contributed by atoms with Gasteiger partial charge in [-0.2, -0.15) is 0 Å². The molecule has 1 aliphatic heterocycles. The predicted molar refractivity (Wildman–Crippen MR) is 67.2 cm³/mol. The number of amides is 1.